The number of primary amides is 1. The molecular formula is C11H23N3O3. The largest absolute Gasteiger partial charge is 0.377 e. The second kappa shape index (κ2) is 10.0. The molecule has 0 saturated heterocycles. The Hall–Kier alpha value is -1.14. The second-order valence-corrected chi connectivity index (χ2v) is 3.79. The predicted molar refractivity (Wildman–Crippen MR) is 65.1 cm³/mol. The van der Waals surface area contributed by atoms with Crippen LogP contribution in [0.5, 0.6) is 0 Å². The van der Waals surface area contributed by atoms with Gasteiger partial charge in [-0.05, 0) is 19.8 Å². The lowest BCUT2D eigenvalue weighted by Crippen LogP contribution is -2.33. The highest BCUT2D eigenvalue weighted by Gasteiger charge is 2.11. The summed E-state index contributed by atoms with van der Waals surface area (Å²) in [6.07, 6.45) is 1.86. The number of rotatable bonds is 10. The van der Waals surface area contributed by atoms with Crippen LogP contribution < -0.4 is 16.8 Å². The third-order valence-corrected chi connectivity index (χ3v) is 2.25. The fraction of sp³-hybridized carbons (Fsp3) is 0.818. The van der Waals surface area contributed by atoms with E-state index < -0.39 is 0 Å². The molecule has 0 spiro atoms. The molecule has 0 fully saturated rings. The number of carbonyl (C=O) groups excluding carboxylic acids is 2. The number of amides is 2. The third kappa shape index (κ3) is 9.77. The standard InChI is InChI=1S/C11H23N3O3/c1-2-17-9(8-12)7-11(16)14-6-4-3-5-10(13)15/h9H,2-8,12H2,1H3,(H2,13,15)(H,14,16). The maximum Gasteiger partial charge on any atom is 0.222 e. The maximum absolute atomic E-state index is 11.4. The molecule has 1 unspecified atom stereocenters. The van der Waals surface area contributed by atoms with Crippen LogP contribution in [0.1, 0.15) is 32.6 Å². The highest BCUT2D eigenvalue weighted by molar-refractivity contribution is 5.76. The van der Waals surface area contributed by atoms with E-state index in [-0.39, 0.29) is 24.3 Å². The maximum atomic E-state index is 11.4. The fourth-order valence-corrected chi connectivity index (χ4v) is 1.38. The molecule has 6 heteroatoms. The molecule has 0 radical (unpaired) electrons. The molecular weight excluding hydrogens is 222 g/mol. The SMILES string of the molecule is CCOC(CN)CC(=O)NCCCCC(N)=O. The van der Waals surface area contributed by atoms with Crippen LogP contribution in [0.25, 0.3) is 0 Å². The normalized spacial score (nSPS) is 12.1. The van der Waals surface area contributed by atoms with Crippen molar-refractivity contribution in [1.82, 2.24) is 5.32 Å². The van der Waals surface area contributed by atoms with Gasteiger partial charge in [0, 0.05) is 26.1 Å². The molecule has 0 aromatic heterocycles. The number of ether oxygens (including phenoxy) is 1. The Kier molecular flexibility index (Phi) is 9.37. The number of nitrogens with one attached hydrogen (secondary N) is 1. The highest BCUT2D eigenvalue weighted by Crippen LogP contribution is 1.97. The molecule has 0 rings (SSSR count). The zero-order valence-electron chi connectivity index (χ0n) is 10.4. The lowest BCUT2D eigenvalue weighted by Gasteiger charge is -2.14. The summed E-state index contributed by atoms with van der Waals surface area (Å²) in [5.74, 6) is -0.385. The zero-order chi connectivity index (χ0) is 13.1. The first kappa shape index (κ1) is 15.9. The molecule has 0 aromatic rings. The molecule has 0 bridgehead atoms. The molecule has 0 aromatic carbocycles. The van der Waals surface area contributed by atoms with Crippen LogP contribution in [-0.4, -0.2) is 37.6 Å². The lowest BCUT2D eigenvalue weighted by atomic mass is 10.2. The summed E-state index contributed by atoms with van der Waals surface area (Å²) >= 11 is 0. The molecule has 1 atom stereocenters. The van der Waals surface area contributed by atoms with E-state index in [0.29, 0.717) is 32.5 Å². The Morgan fingerprint density at radius 3 is 2.59 bits per heavy atom. The van der Waals surface area contributed by atoms with Gasteiger partial charge in [0.25, 0.3) is 0 Å². The Labute approximate surface area is 102 Å². The molecule has 0 saturated carbocycles. The first-order valence-corrected chi connectivity index (χ1v) is 5.96. The van der Waals surface area contributed by atoms with Gasteiger partial charge in [0.2, 0.25) is 11.8 Å². The van der Waals surface area contributed by atoms with Crippen molar-refractivity contribution in [2.45, 2.75) is 38.7 Å². The van der Waals surface area contributed by atoms with Gasteiger partial charge in [0.15, 0.2) is 0 Å². The van der Waals surface area contributed by atoms with Crippen molar-refractivity contribution in [3.8, 4) is 0 Å². The lowest BCUT2D eigenvalue weighted by molar-refractivity contribution is -0.123. The topological polar surface area (TPSA) is 107 Å². The Balaban J connectivity index is 3.54. The third-order valence-electron chi connectivity index (χ3n) is 2.25. The molecule has 0 aliphatic rings. The summed E-state index contributed by atoms with van der Waals surface area (Å²) in [5.41, 5.74) is 10.5. The molecule has 0 aliphatic carbocycles. The van der Waals surface area contributed by atoms with Gasteiger partial charge in [-0.3, -0.25) is 9.59 Å². The van der Waals surface area contributed by atoms with Crippen molar-refractivity contribution in [3.05, 3.63) is 0 Å². The average molecular weight is 245 g/mol. The van der Waals surface area contributed by atoms with Crippen LogP contribution in [0, 0.1) is 0 Å². The van der Waals surface area contributed by atoms with Crippen LogP contribution in [0.4, 0.5) is 0 Å². The zero-order valence-corrected chi connectivity index (χ0v) is 10.4. The van der Waals surface area contributed by atoms with Crippen LogP contribution in [0.15, 0.2) is 0 Å². The average Bonchev–Trinajstić information content (AvgIpc) is 2.27. The summed E-state index contributed by atoms with van der Waals surface area (Å²) in [6, 6.07) is 0. The van der Waals surface area contributed by atoms with E-state index >= 15 is 0 Å². The van der Waals surface area contributed by atoms with E-state index in [2.05, 4.69) is 5.32 Å². The summed E-state index contributed by atoms with van der Waals surface area (Å²) < 4.78 is 5.27. The minimum atomic E-state index is -0.309. The Bertz CT molecular complexity index is 234. The molecule has 5 N–H and O–H groups in total. The minimum Gasteiger partial charge on any atom is -0.377 e. The first-order valence-electron chi connectivity index (χ1n) is 5.96. The van der Waals surface area contributed by atoms with Gasteiger partial charge >= 0.3 is 0 Å². The number of hydrogen-bond donors (Lipinski definition) is 3. The monoisotopic (exact) mass is 245 g/mol. The van der Waals surface area contributed by atoms with Gasteiger partial charge in [-0.2, -0.15) is 0 Å². The number of hydrogen-bond acceptors (Lipinski definition) is 4. The van der Waals surface area contributed by atoms with E-state index in [1.54, 1.807) is 0 Å². The van der Waals surface area contributed by atoms with Gasteiger partial charge < -0.3 is 21.5 Å². The smallest absolute Gasteiger partial charge is 0.222 e. The number of nitrogens with two attached hydrogens (primary N) is 2. The molecule has 17 heavy (non-hydrogen) atoms. The van der Waals surface area contributed by atoms with Crippen molar-refractivity contribution >= 4 is 11.8 Å². The fourth-order valence-electron chi connectivity index (χ4n) is 1.38. The number of carbonyl (C=O) groups is 2. The number of unbranched alkanes of at least 4 members (excludes halogenated alkanes) is 1. The van der Waals surface area contributed by atoms with E-state index in [1.807, 2.05) is 6.92 Å². The molecule has 100 valence electrons. The summed E-state index contributed by atoms with van der Waals surface area (Å²) in [5, 5.41) is 2.75. The summed E-state index contributed by atoms with van der Waals surface area (Å²) in [4.78, 5) is 21.9. The van der Waals surface area contributed by atoms with Gasteiger partial charge in [-0.25, -0.2) is 0 Å². The van der Waals surface area contributed by atoms with Crippen LogP contribution in [0.2, 0.25) is 0 Å². The quantitative estimate of drug-likeness (QED) is 0.451. The van der Waals surface area contributed by atoms with Gasteiger partial charge in [-0.1, -0.05) is 0 Å². The van der Waals surface area contributed by atoms with Crippen molar-refractivity contribution < 1.29 is 14.3 Å². The van der Waals surface area contributed by atoms with Crippen molar-refractivity contribution in [2.75, 3.05) is 19.7 Å². The predicted octanol–water partition coefficient (Wildman–Crippen LogP) is -0.488. The first-order chi connectivity index (χ1) is 8.10. The van der Waals surface area contributed by atoms with Crippen molar-refractivity contribution in [1.29, 1.82) is 0 Å². The van der Waals surface area contributed by atoms with Crippen molar-refractivity contribution in [3.63, 3.8) is 0 Å². The van der Waals surface area contributed by atoms with E-state index in [4.69, 9.17) is 16.2 Å². The molecule has 6 nitrogen and oxygen atoms in total. The van der Waals surface area contributed by atoms with Crippen LogP contribution in [-0.2, 0) is 14.3 Å². The molecule has 0 aliphatic heterocycles. The van der Waals surface area contributed by atoms with E-state index in [1.165, 1.54) is 0 Å². The van der Waals surface area contributed by atoms with Gasteiger partial charge in [-0.15, -0.1) is 0 Å². The minimum absolute atomic E-state index is 0.0759. The van der Waals surface area contributed by atoms with Crippen molar-refractivity contribution in [2.24, 2.45) is 11.5 Å². The molecule has 2 amide bonds. The Morgan fingerprint density at radius 1 is 1.35 bits per heavy atom. The summed E-state index contributed by atoms with van der Waals surface area (Å²) in [6.45, 7) is 3.30. The molecule has 0 heterocycles. The van der Waals surface area contributed by atoms with Crippen LogP contribution >= 0.6 is 0 Å². The highest BCUT2D eigenvalue weighted by atomic mass is 16.5. The van der Waals surface area contributed by atoms with E-state index in [9.17, 15) is 9.59 Å². The van der Waals surface area contributed by atoms with Gasteiger partial charge in [0.05, 0.1) is 12.5 Å². The summed E-state index contributed by atoms with van der Waals surface area (Å²) in [7, 11) is 0. The second-order valence-electron chi connectivity index (χ2n) is 3.79. The Morgan fingerprint density at radius 2 is 2.06 bits per heavy atom. The van der Waals surface area contributed by atoms with Crippen LogP contribution in [0.3, 0.4) is 0 Å². The van der Waals surface area contributed by atoms with E-state index in [0.717, 1.165) is 6.42 Å². The van der Waals surface area contributed by atoms with Gasteiger partial charge in [0.1, 0.15) is 0 Å².